The molecule has 11 heavy (non-hydrogen) atoms. The van der Waals surface area contributed by atoms with Gasteiger partial charge in [0.2, 0.25) is 5.91 Å². The summed E-state index contributed by atoms with van der Waals surface area (Å²) >= 11 is 5.27. The van der Waals surface area contributed by atoms with Crippen LogP contribution in [0.4, 0.5) is 0 Å². The van der Waals surface area contributed by atoms with E-state index in [9.17, 15) is 4.79 Å². The van der Waals surface area contributed by atoms with E-state index in [1.165, 1.54) is 0 Å². The first kappa shape index (κ1) is 10.7. The lowest BCUT2D eigenvalue weighted by atomic mass is 10.2. The molecule has 0 radical (unpaired) electrons. The zero-order valence-corrected chi connectivity index (χ0v) is 7.65. The summed E-state index contributed by atoms with van der Waals surface area (Å²) in [5, 5.41) is 2.67. The molecule has 1 atom stereocenters. The highest BCUT2D eigenvalue weighted by atomic mass is 35.5. The van der Waals surface area contributed by atoms with Crippen molar-refractivity contribution in [2.75, 3.05) is 26.1 Å². The maximum Gasteiger partial charge on any atom is 0.234 e. The van der Waals surface area contributed by atoms with Gasteiger partial charge >= 0.3 is 0 Å². The minimum atomic E-state index is -0.130. The smallest absolute Gasteiger partial charge is 0.234 e. The number of methoxy groups -OCH3 is 1. The van der Waals surface area contributed by atoms with Gasteiger partial charge in [-0.25, -0.2) is 0 Å². The second kappa shape index (κ2) is 6.43. The summed E-state index contributed by atoms with van der Waals surface area (Å²) in [5.41, 5.74) is 0. The lowest BCUT2D eigenvalue weighted by Gasteiger charge is -2.09. The van der Waals surface area contributed by atoms with Crippen LogP contribution < -0.4 is 5.32 Å². The topological polar surface area (TPSA) is 38.3 Å². The Morgan fingerprint density at radius 1 is 1.73 bits per heavy atom. The number of carbonyl (C=O) groups excluding carboxylic acids is 1. The van der Waals surface area contributed by atoms with Gasteiger partial charge in [0.25, 0.3) is 0 Å². The van der Waals surface area contributed by atoms with Crippen molar-refractivity contribution in [1.29, 1.82) is 0 Å². The first-order valence-electron chi connectivity index (χ1n) is 3.52. The first-order valence-corrected chi connectivity index (χ1v) is 4.05. The number of ether oxygens (including phenoxy) is 1. The molecule has 0 spiro atoms. The number of amides is 1. The summed E-state index contributed by atoms with van der Waals surface area (Å²) in [5.74, 6) is 0.237. The van der Waals surface area contributed by atoms with Crippen LogP contribution in [0, 0.1) is 5.92 Å². The molecule has 0 fully saturated rings. The third kappa shape index (κ3) is 6.13. The Bertz CT molecular complexity index is 119. The van der Waals surface area contributed by atoms with Crippen molar-refractivity contribution in [2.45, 2.75) is 6.92 Å². The van der Waals surface area contributed by atoms with Gasteiger partial charge in [0.1, 0.15) is 5.88 Å². The molecule has 0 aliphatic rings. The lowest BCUT2D eigenvalue weighted by Crippen LogP contribution is -2.30. The molecule has 1 N–H and O–H groups in total. The van der Waals surface area contributed by atoms with Crippen LogP contribution in [0.5, 0.6) is 0 Å². The Morgan fingerprint density at radius 3 is 2.82 bits per heavy atom. The van der Waals surface area contributed by atoms with Gasteiger partial charge in [-0.2, -0.15) is 0 Å². The minimum absolute atomic E-state index is 0.0275. The summed E-state index contributed by atoms with van der Waals surface area (Å²) in [7, 11) is 1.64. The second-order valence-corrected chi connectivity index (χ2v) is 2.77. The van der Waals surface area contributed by atoms with Crippen LogP contribution in [-0.4, -0.2) is 32.0 Å². The molecular weight excluding hydrogens is 166 g/mol. The third-order valence-corrected chi connectivity index (χ3v) is 1.46. The van der Waals surface area contributed by atoms with Gasteiger partial charge < -0.3 is 10.1 Å². The quantitative estimate of drug-likeness (QED) is 0.629. The molecule has 66 valence electrons. The number of alkyl halides is 1. The first-order chi connectivity index (χ1) is 5.20. The molecule has 0 aromatic carbocycles. The Labute approximate surface area is 72.1 Å². The number of rotatable bonds is 5. The molecule has 0 aliphatic carbocycles. The SMILES string of the molecule is COCC(C)CNC(=O)CCl. The predicted molar refractivity (Wildman–Crippen MR) is 44.8 cm³/mol. The van der Waals surface area contributed by atoms with Gasteiger partial charge in [-0.1, -0.05) is 6.92 Å². The third-order valence-electron chi connectivity index (χ3n) is 1.22. The average Bonchev–Trinajstić information content (AvgIpc) is 2.01. The van der Waals surface area contributed by atoms with E-state index in [0.717, 1.165) is 0 Å². The van der Waals surface area contributed by atoms with Crippen molar-refractivity contribution in [3.63, 3.8) is 0 Å². The van der Waals surface area contributed by atoms with Crippen molar-refractivity contribution in [3.05, 3.63) is 0 Å². The highest BCUT2D eigenvalue weighted by molar-refractivity contribution is 6.27. The monoisotopic (exact) mass is 179 g/mol. The predicted octanol–water partition coefficient (Wildman–Crippen LogP) is 0.624. The summed E-state index contributed by atoms with van der Waals surface area (Å²) in [6.07, 6.45) is 0. The number of hydrogen-bond acceptors (Lipinski definition) is 2. The van der Waals surface area contributed by atoms with Crippen LogP contribution >= 0.6 is 11.6 Å². The molecular formula is C7H14ClNO2. The molecule has 3 nitrogen and oxygen atoms in total. The van der Waals surface area contributed by atoms with E-state index in [4.69, 9.17) is 16.3 Å². The van der Waals surface area contributed by atoms with E-state index in [2.05, 4.69) is 5.32 Å². The molecule has 1 amide bonds. The molecule has 0 aromatic rings. The Kier molecular flexibility index (Phi) is 6.27. The van der Waals surface area contributed by atoms with E-state index in [-0.39, 0.29) is 11.8 Å². The van der Waals surface area contributed by atoms with Gasteiger partial charge in [0, 0.05) is 13.7 Å². The van der Waals surface area contributed by atoms with E-state index in [0.29, 0.717) is 19.1 Å². The Hall–Kier alpha value is -0.280. The maximum absolute atomic E-state index is 10.6. The average molecular weight is 180 g/mol. The summed E-state index contributed by atoms with van der Waals surface area (Å²) in [6, 6.07) is 0. The summed E-state index contributed by atoms with van der Waals surface area (Å²) < 4.78 is 4.89. The van der Waals surface area contributed by atoms with Crippen molar-refractivity contribution < 1.29 is 9.53 Å². The zero-order chi connectivity index (χ0) is 8.69. The Balaban J connectivity index is 3.29. The van der Waals surface area contributed by atoms with Crippen LogP contribution in [0.25, 0.3) is 0 Å². The number of hydrogen-bond donors (Lipinski definition) is 1. The highest BCUT2D eigenvalue weighted by Gasteiger charge is 2.02. The van der Waals surface area contributed by atoms with Crippen molar-refractivity contribution in [1.82, 2.24) is 5.32 Å². The Morgan fingerprint density at radius 2 is 2.36 bits per heavy atom. The molecule has 4 heteroatoms. The fourth-order valence-corrected chi connectivity index (χ4v) is 0.773. The summed E-state index contributed by atoms with van der Waals surface area (Å²) in [6.45, 7) is 3.28. The standard InChI is InChI=1S/C7H14ClNO2/c1-6(5-11-2)4-9-7(10)3-8/h6H,3-5H2,1-2H3,(H,9,10). The van der Waals surface area contributed by atoms with Gasteiger partial charge in [-0.15, -0.1) is 11.6 Å². The van der Waals surface area contributed by atoms with E-state index in [1.807, 2.05) is 6.92 Å². The zero-order valence-electron chi connectivity index (χ0n) is 6.89. The van der Waals surface area contributed by atoms with Crippen molar-refractivity contribution in [3.8, 4) is 0 Å². The molecule has 0 rings (SSSR count). The van der Waals surface area contributed by atoms with E-state index < -0.39 is 0 Å². The highest BCUT2D eigenvalue weighted by Crippen LogP contribution is 1.91. The normalized spacial score (nSPS) is 12.6. The molecule has 0 aromatic heterocycles. The number of nitrogens with one attached hydrogen (secondary N) is 1. The van der Waals surface area contributed by atoms with E-state index >= 15 is 0 Å². The van der Waals surface area contributed by atoms with Gasteiger partial charge in [-0.3, -0.25) is 4.79 Å². The number of halogens is 1. The second-order valence-electron chi connectivity index (χ2n) is 2.50. The molecule has 1 unspecified atom stereocenters. The van der Waals surface area contributed by atoms with Crippen LogP contribution in [-0.2, 0) is 9.53 Å². The summed E-state index contributed by atoms with van der Waals surface area (Å²) in [4.78, 5) is 10.6. The lowest BCUT2D eigenvalue weighted by molar-refractivity contribution is -0.118. The fraction of sp³-hybridized carbons (Fsp3) is 0.857. The molecule has 0 aliphatic heterocycles. The van der Waals surface area contributed by atoms with Crippen molar-refractivity contribution in [2.24, 2.45) is 5.92 Å². The van der Waals surface area contributed by atoms with Crippen LogP contribution in [0.2, 0.25) is 0 Å². The molecule has 0 heterocycles. The largest absolute Gasteiger partial charge is 0.384 e. The van der Waals surface area contributed by atoms with Crippen LogP contribution in [0.1, 0.15) is 6.92 Å². The maximum atomic E-state index is 10.6. The minimum Gasteiger partial charge on any atom is -0.384 e. The van der Waals surface area contributed by atoms with Gasteiger partial charge in [-0.05, 0) is 5.92 Å². The molecule has 0 saturated heterocycles. The van der Waals surface area contributed by atoms with Crippen molar-refractivity contribution >= 4 is 17.5 Å². The molecule has 0 bridgehead atoms. The number of carbonyl (C=O) groups is 1. The van der Waals surface area contributed by atoms with Gasteiger partial charge in [0.05, 0.1) is 6.61 Å². The van der Waals surface area contributed by atoms with Crippen LogP contribution in [0.15, 0.2) is 0 Å². The fourth-order valence-electron chi connectivity index (χ4n) is 0.679. The molecule has 0 saturated carbocycles. The van der Waals surface area contributed by atoms with Gasteiger partial charge in [0.15, 0.2) is 0 Å². The van der Waals surface area contributed by atoms with E-state index in [1.54, 1.807) is 7.11 Å². The van der Waals surface area contributed by atoms with Crippen LogP contribution in [0.3, 0.4) is 0 Å².